The summed E-state index contributed by atoms with van der Waals surface area (Å²) in [6.45, 7) is 1.99. The molecule has 1 aromatic heterocycles. The topological polar surface area (TPSA) is 55.1 Å². The Morgan fingerprint density at radius 2 is 1.69 bits per heavy atom. The minimum atomic E-state index is -4.40. The van der Waals surface area contributed by atoms with Gasteiger partial charge in [0.1, 0.15) is 0 Å². The second-order valence-corrected chi connectivity index (χ2v) is 10.1. The molecule has 3 aliphatic rings. The molecular weight excluding hydrogens is 499 g/mol. The van der Waals surface area contributed by atoms with Crippen molar-refractivity contribution in [1.82, 2.24) is 14.5 Å². The van der Waals surface area contributed by atoms with E-state index in [1.165, 1.54) is 18.6 Å². The van der Waals surface area contributed by atoms with E-state index < -0.39 is 11.7 Å². The molecule has 0 radical (unpaired) electrons. The summed E-state index contributed by atoms with van der Waals surface area (Å²) in [5.74, 6) is 0. The smallest absolute Gasteiger partial charge is 0.352 e. The average molecular weight is 528 g/mol. The summed E-state index contributed by atoms with van der Waals surface area (Å²) in [6.07, 6.45) is 4.80. The third-order valence-corrected chi connectivity index (χ3v) is 7.20. The number of hydrogen-bond donors (Lipinski definition) is 1. The summed E-state index contributed by atoms with van der Waals surface area (Å²) < 4.78 is 41.9. The number of nitrogens with zero attached hydrogens (tertiary/aromatic N) is 4. The molecule has 1 aliphatic heterocycles. The van der Waals surface area contributed by atoms with Crippen molar-refractivity contribution in [1.29, 1.82) is 0 Å². The molecule has 39 heavy (non-hydrogen) atoms. The van der Waals surface area contributed by atoms with Crippen molar-refractivity contribution in [2.75, 3.05) is 5.32 Å². The van der Waals surface area contributed by atoms with Gasteiger partial charge in [-0.05, 0) is 79.9 Å². The van der Waals surface area contributed by atoms with E-state index in [0.717, 1.165) is 76.8 Å². The van der Waals surface area contributed by atoms with Crippen LogP contribution in [0.4, 0.5) is 24.5 Å². The van der Waals surface area contributed by atoms with Crippen molar-refractivity contribution >= 4 is 22.4 Å². The SMILES string of the molecule is Cc1cncc(Nc2cc3nc4ccccc4n(-c4ccc(C(F)(F)F)cc4)c-3c/c2=N\C2CCCCC2)c1. The van der Waals surface area contributed by atoms with Crippen molar-refractivity contribution in [3.63, 3.8) is 0 Å². The van der Waals surface area contributed by atoms with Gasteiger partial charge in [0.15, 0.2) is 0 Å². The molecule has 1 saturated carbocycles. The maximum Gasteiger partial charge on any atom is 0.416 e. The lowest BCUT2D eigenvalue weighted by Gasteiger charge is -2.22. The van der Waals surface area contributed by atoms with Gasteiger partial charge in [-0.2, -0.15) is 13.2 Å². The molecule has 0 saturated heterocycles. The van der Waals surface area contributed by atoms with Crippen LogP contribution < -0.4 is 10.7 Å². The Morgan fingerprint density at radius 3 is 2.44 bits per heavy atom. The van der Waals surface area contributed by atoms with E-state index in [9.17, 15) is 13.2 Å². The summed E-state index contributed by atoms with van der Waals surface area (Å²) in [4.78, 5) is 14.4. The highest BCUT2D eigenvalue weighted by molar-refractivity contribution is 5.84. The highest BCUT2D eigenvalue weighted by Gasteiger charge is 2.30. The Kier molecular flexibility index (Phi) is 6.54. The summed E-state index contributed by atoms with van der Waals surface area (Å²) in [5.41, 5.74) is 5.68. The largest absolute Gasteiger partial charge is 0.416 e. The van der Waals surface area contributed by atoms with Crippen molar-refractivity contribution in [2.24, 2.45) is 4.99 Å². The van der Waals surface area contributed by atoms with Gasteiger partial charge >= 0.3 is 6.18 Å². The van der Waals surface area contributed by atoms with Gasteiger partial charge in [0.05, 0.1) is 57.0 Å². The standard InChI is InChI=1S/C31H28F3N5/c1-20-15-23(19-35-18-20)37-26-16-28-30(17-27(26)36-22-7-3-2-4-8-22)39(29-10-6-5-9-25(29)38-28)24-13-11-21(12-14-24)31(32,33)34/h5-6,9-19,22,37H,2-4,7-8H2,1H3/b36-27+. The molecule has 0 spiro atoms. The van der Waals surface area contributed by atoms with Gasteiger partial charge in [0, 0.05) is 11.9 Å². The highest BCUT2D eigenvalue weighted by Crippen LogP contribution is 2.33. The Morgan fingerprint density at radius 1 is 0.923 bits per heavy atom. The summed E-state index contributed by atoms with van der Waals surface area (Å²) in [6, 6.07) is 19.2. The van der Waals surface area contributed by atoms with Gasteiger partial charge in [-0.3, -0.25) is 9.98 Å². The zero-order valence-electron chi connectivity index (χ0n) is 21.5. The van der Waals surface area contributed by atoms with E-state index >= 15 is 0 Å². The minimum Gasteiger partial charge on any atom is -0.352 e. The predicted molar refractivity (Wildman–Crippen MR) is 147 cm³/mol. The van der Waals surface area contributed by atoms with Crippen LogP contribution in [0.15, 0.2) is 84.1 Å². The van der Waals surface area contributed by atoms with Crippen LogP contribution >= 0.6 is 0 Å². The van der Waals surface area contributed by atoms with Crippen molar-refractivity contribution < 1.29 is 13.2 Å². The molecule has 2 heterocycles. The molecule has 1 N–H and O–H groups in total. The van der Waals surface area contributed by atoms with Crippen LogP contribution in [-0.4, -0.2) is 20.6 Å². The molecule has 5 nitrogen and oxygen atoms in total. The fourth-order valence-corrected chi connectivity index (χ4v) is 5.31. The zero-order chi connectivity index (χ0) is 27.0. The van der Waals surface area contributed by atoms with E-state index in [1.54, 1.807) is 12.4 Å². The van der Waals surface area contributed by atoms with Crippen LogP contribution in [0.3, 0.4) is 0 Å². The predicted octanol–water partition coefficient (Wildman–Crippen LogP) is 7.83. The average Bonchev–Trinajstić information content (AvgIpc) is 2.92. The Balaban J connectivity index is 1.59. The third-order valence-electron chi connectivity index (χ3n) is 7.20. The number of para-hydroxylation sites is 2. The van der Waals surface area contributed by atoms with Gasteiger partial charge in [-0.1, -0.05) is 31.4 Å². The number of alkyl halides is 3. The first-order valence-corrected chi connectivity index (χ1v) is 13.2. The molecule has 0 amide bonds. The molecule has 0 atom stereocenters. The molecule has 2 aliphatic carbocycles. The van der Waals surface area contributed by atoms with Crippen molar-refractivity contribution in [3.8, 4) is 17.1 Å². The van der Waals surface area contributed by atoms with Gasteiger partial charge in [0.2, 0.25) is 0 Å². The number of pyridine rings is 1. The number of aryl methyl sites for hydroxylation is 1. The third kappa shape index (κ3) is 5.24. The molecule has 2 aromatic carbocycles. The first-order chi connectivity index (χ1) is 18.8. The van der Waals surface area contributed by atoms with Crippen molar-refractivity contribution in [2.45, 2.75) is 51.2 Å². The van der Waals surface area contributed by atoms with E-state index in [2.05, 4.69) is 10.3 Å². The number of rotatable bonds is 4. The lowest BCUT2D eigenvalue weighted by molar-refractivity contribution is -0.137. The van der Waals surface area contributed by atoms with E-state index in [-0.39, 0.29) is 6.04 Å². The molecular formula is C31H28F3N5. The fourth-order valence-electron chi connectivity index (χ4n) is 5.31. The first-order valence-electron chi connectivity index (χ1n) is 13.2. The quantitative estimate of drug-likeness (QED) is 0.242. The van der Waals surface area contributed by atoms with Crippen molar-refractivity contribution in [3.05, 3.63) is 95.6 Å². The van der Waals surface area contributed by atoms with Crippen LogP contribution in [0.2, 0.25) is 0 Å². The van der Waals surface area contributed by atoms with Crippen LogP contribution in [0.5, 0.6) is 0 Å². The molecule has 0 bridgehead atoms. The number of aromatic nitrogens is 3. The maximum absolute atomic E-state index is 13.3. The molecule has 8 heteroatoms. The summed E-state index contributed by atoms with van der Waals surface area (Å²) in [7, 11) is 0. The number of benzene rings is 3. The lowest BCUT2D eigenvalue weighted by Crippen LogP contribution is -2.19. The molecule has 3 aromatic rings. The lowest BCUT2D eigenvalue weighted by atomic mass is 9.96. The molecule has 198 valence electrons. The first kappa shape index (κ1) is 25.1. The van der Waals surface area contributed by atoms with E-state index in [0.29, 0.717) is 11.4 Å². The second-order valence-electron chi connectivity index (χ2n) is 10.1. The zero-order valence-corrected chi connectivity index (χ0v) is 21.5. The highest BCUT2D eigenvalue weighted by atomic mass is 19.4. The molecule has 6 rings (SSSR count). The Labute approximate surface area is 224 Å². The number of fused-ring (bicyclic) bond motifs is 2. The number of nitrogens with one attached hydrogen (secondary N) is 1. The van der Waals surface area contributed by atoms with Crippen LogP contribution in [0, 0.1) is 6.92 Å². The van der Waals surface area contributed by atoms with Gasteiger partial charge in [-0.15, -0.1) is 0 Å². The van der Waals surface area contributed by atoms with Gasteiger partial charge < -0.3 is 9.88 Å². The van der Waals surface area contributed by atoms with Crippen LogP contribution in [0.1, 0.15) is 43.2 Å². The second kappa shape index (κ2) is 10.2. The van der Waals surface area contributed by atoms with Crippen LogP contribution in [0.25, 0.3) is 28.1 Å². The van der Waals surface area contributed by atoms with Gasteiger partial charge in [0.25, 0.3) is 0 Å². The Bertz CT molecular complexity index is 1670. The maximum atomic E-state index is 13.3. The van der Waals surface area contributed by atoms with Gasteiger partial charge in [-0.25, -0.2) is 4.98 Å². The fraction of sp³-hybridized carbons (Fsp3) is 0.258. The monoisotopic (exact) mass is 527 g/mol. The number of anilines is 2. The van der Waals surface area contributed by atoms with E-state index in [1.807, 2.05) is 54.0 Å². The normalized spacial score (nSPS) is 15.2. The Hall–Kier alpha value is -4.20. The minimum absolute atomic E-state index is 0.223. The molecule has 0 unspecified atom stereocenters. The number of hydrogen-bond acceptors (Lipinski definition) is 4. The van der Waals surface area contributed by atoms with Crippen LogP contribution in [-0.2, 0) is 6.18 Å². The summed E-state index contributed by atoms with van der Waals surface area (Å²) >= 11 is 0. The molecule has 1 fully saturated rings. The van der Waals surface area contributed by atoms with E-state index in [4.69, 9.17) is 9.98 Å². The summed E-state index contributed by atoms with van der Waals surface area (Å²) in [5, 5.41) is 4.30. The number of halogens is 3.